The van der Waals surface area contributed by atoms with E-state index < -0.39 is 4.92 Å². The Labute approximate surface area is 155 Å². The normalized spacial score (nSPS) is 16.1. The average Bonchev–Trinajstić information content (AvgIpc) is 2.73. The van der Waals surface area contributed by atoms with E-state index in [1.807, 2.05) is 0 Å². The number of nitrogens with one attached hydrogen (secondary N) is 1. The minimum Gasteiger partial charge on any atom is -0.484 e. The van der Waals surface area contributed by atoms with E-state index in [1.54, 1.807) is 43.0 Å². The van der Waals surface area contributed by atoms with Crippen LogP contribution in [0.15, 0.2) is 42.5 Å². The second kappa shape index (κ2) is 7.45. The summed E-state index contributed by atoms with van der Waals surface area (Å²) in [6, 6.07) is 11.1. The second-order valence-corrected chi connectivity index (χ2v) is 6.38. The van der Waals surface area contributed by atoms with E-state index >= 15 is 0 Å². The van der Waals surface area contributed by atoms with Crippen molar-refractivity contribution in [2.75, 3.05) is 16.8 Å². The van der Waals surface area contributed by atoms with E-state index in [2.05, 4.69) is 5.32 Å². The average molecular weight is 369 g/mol. The summed E-state index contributed by atoms with van der Waals surface area (Å²) in [5, 5.41) is 13.7. The molecule has 1 unspecified atom stereocenters. The van der Waals surface area contributed by atoms with Gasteiger partial charge in [0.05, 0.1) is 16.3 Å². The van der Waals surface area contributed by atoms with Crippen LogP contribution in [0, 0.1) is 17.0 Å². The van der Waals surface area contributed by atoms with Gasteiger partial charge in [0, 0.05) is 24.1 Å². The number of aryl methyl sites for hydroxylation is 1. The van der Waals surface area contributed by atoms with Crippen LogP contribution in [0.5, 0.6) is 5.75 Å². The number of fused-ring (bicyclic) bond motifs is 1. The van der Waals surface area contributed by atoms with Gasteiger partial charge in [0.15, 0.2) is 6.61 Å². The Hall–Kier alpha value is -3.42. The Balaban J connectivity index is 1.78. The van der Waals surface area contributed by atoms with Gasteiger partial charge in [-0.1, -0.05) is 12.1 Å². The number of para-hydroxylation sites is 2. The lowest BCUT2D eigenvalue weighted by Gasteiger charge is -2.27. The van der Waals surface area contributed by atoms with Crippen molar-refractivity contribution in [3.8, 4) is 5.75 Å². The van der Waals surface area contributed by atoms with Gasteiger partial charge in [-0.2, -0.15) is 0 Å². The van der Waals surface area contributed by atoms with Gasteiger partial charge < -0.3 is 15.0 Å². The number of nitro groups is 1. The topological polar surface area (TPSA) is 102 Å². The standard InChI is InChI=1S/C19H19N3O5/c1-12-9-14(7-8-16(12)22(25)26)27-11-19(24)21-13(2)10-18(23)20-15-5-3-4-6-17(15)21/h3-9,13H,10-11H2,1-2H3,(H,20,23). The van der Waals surface area contributed by atoms with Crippen LogP contribution in [0.1, 0.15) is 18.9 Å². The zero-order valence-corrected chi connectivity index (χ0v) is 15.0. The second-order valence-electron chi connectivity index (χ2n) is 6.38. The Bertz CT molecular complexity index is 912. The number of anilines is 2. The first-order chi connectivity index (χ1) is 12.9. The van der Waals surface area contributed by atoms with Crippen LogP contribution in [0.25, 0.3) is 0 Å². The molecule has 2 amide bonds. The van der Waals surface area contributed by atoms with Crippen LogP contribution in [0.4, 0.5) is 17.1 Å². The molecule has 3 rings (SSSR count). The number of hydrogen-bond acceptors (Lipinski definition) is 5. The molecule has 27 heavy (non-hydrogen) atoms. The molecule has 0 saturated heterocycles. The highest BCUT2D eigenvalue weighted by molar-refractivity contribution is 6.04. The number of amides is 2. The summed E-state index contributed by atoms with van der Waals surface area (Å²) < 4.78 is 5.55. The predicted molar refractivity (Wildman–Crippen MR) is 100.0 cm³/mol. The SMILES string of the molecule is Cc1cc(OCC(=O)N2c3ccccc3NC(=O)CC2C)ccc1[N+](=O)[O-]. The fourth-order valence-corrected chi connectivity index (χ4v) is 3.11. The lowest BCUT2D eigenvalue weighted by molar-refractivity contribution is -0.385. The molecule has 2 aromatic carbocycles. The lowest BCUT2D eigenvalue weighted by atomic mass is 10.1. The summed E-state index contributed by atoms with van der Waals surface area (Å²) in [5.41, 5.74) is 1.64. The summed E-state index contributed by atoms with van der Waals surface area (Å²) in [4.78, 5) is 36.8. The zero-order chi connectivity index (χ0) is 19.6. The predicted octanol–water partition coefficient (Wildman–Crippen LogP) is 3.05. The molecule has 0 fully saturated rings. The number of rotatable bonds is 4. The van der Waals surface area contributed by atoms with Crippen LogP contribution < -0.4 is 15.0 Å². The van der Waals surface area contributed by atoms with Gasteiger partial charge in [-0.3, -0.25) is 19.7 Å². The minimum absolute atomic E-state index is 0.00617. The molecular formula is C19H19N3O5. The van der Waals surface area contributed by atoms with Gasteiger partial charge >= 0.3 is 0 Å². The number of nitrogens with zero attached hydrogens (tertiary/aromatic N) is 2. The molecule has 1 aliphatic heterocycles. The summed E-state index contributed by atoms with van der Waals surface area (Å²) in [5.74, 6) is -0.0870. The summed E-state index contributed by atoms with van der Waals surface area (Å²) in [7, 11) is 0. The van der Waals surface area contributed by atoms with Crippen molar-refractivity contribution >= 4 is 28.9 Å². The summed E-state index contributed by atoms with van der Waals surface area (Å²) in [6.07, 6.45) is 0.178. The van der Waals surface area contributed by atoms with Gasteiger partial charge in [-0.05, 0) is 38.1 Å². The zero-order valence-electron chi connectivity index (χ0n) is 15.0. The molecule has 0 radical (unpaired) electrons. The molecule has 1 N–H and O–H groups in total. The van der Waals surface area contributed by atoms with E-state index in [1.165, 1.54) is 18.2 Å². The first kappa shape index (κ1) is 18.4. The van der Waals surface area contributed by atoms with E-state index in [0.29, 0.717) is 22.7 Å². The summed E-state index contributed by atoms with van der Waals surface area (Å²) in [6.45, 7) is 3.16. The first-order valence-electron chi connectivity index (χ1n) is 8.45. The van der Waals surface area contributed by atoms with Crippen molar-refractivity contribution < 1.29 is 19.2 Å². The van der Waals surface area contributed by atoms with Crippen LogP contribution in [0.3, 0.4) is 0 Å². The maximum absolute atomic E-state index is 12.8. The van der Waals surface area contributed by atoms with E-state index in [9.17, 15) is 19.7 Å². The van der Waals surface area contributed by atoms with E-state index in [4.69, 9.17) is 4.74 Å². The van der Waals surface area contributed by atoms with Crippen molar-refractivity contribution in [3.63, 3.8) is 0 Å². The third-order valence-corrected chi connectivity index (χ3v) is 4.36. The molecule has 1 aliphatic rings. The molecule has 8 heteroatoms. The van der Waals surface area contributed by atoms with E-state index in [-0.39, 0.29) is 36.6 Å². The Morgan fingerprint density at radius 2 is 2.07 bits per heavy atom. The largest absolute Gasteiger partial charge is 0.484 e. The van der Waals surface area contributed by atoms with Crippen LogP contribution in [0.2, 0.25) is 0 Å². The fourth-order valence-electron chi connectivity index (χ4n) is 3.11. The van der Waals surface area contributed by atoms with Gasteiger partial charge in [0.25, 0.3) is 11.6 Å². The molecule has 0 aliphatic carbocycles. The molecule has 0 saturated carbocycles. The quantitative estimate of drug-likeness (QED) is 0.659. The monoisotopic (exact) mass is 369 g/mol. The van der Waals surface area contributed by atoms with Gasteiger partial charge in [0.2, 0.25) is 5.91 Å². The number of carbonyl (C=O) groups excluding carboxylic acids is 2. The molecule has 140 valence electrons. The van der Waals surface area contributed by atoms with Gasteiger partial charge in [-0.25, -0.2) is 0 Å². The minimum atomic E-state index is -0.468. The highest BCUT2D eigenvalue weighted by atomic mass is 16.6. The van der Waals surface area contributed by atoms with Crippen LogP contribution >= 0.6 is 0 Å². The Morgan fingerprint density at radius 3 is 2.78 bits per heavy atom. The lowest BCUT2D eigenvalue weighted by Crippen LogP contribution is -2.41. The molecule has 1 heterocycles. The van der Waals surface area contributed by atoms with Crippen molar-refractivity contribution in [3.05, 3.63) is 58.1 Å². The third kappa shape index (κ3) is 3.89. The number of benzene rings is 2. The fraction of sp³-hybridized carbons (Fsp3) is 0.263. The molecule has 0 spiro atoms. The molecule has 2 aromatic rings. The smallest absolute Gasteiger partial charge is 0.272 e. The van der Waals surface area contributed by atoms with Crippen LogP contribution in [-0.2, 0) is 9.59 Å². The number of hydrogen-bond donors (Lipinski definition) is 1. The van der Waals surface area contributed by atoms with Crippen molar-refractivity contribution in [2.45, 2.75) is 26.3 Å². The third-order valence-electron chi connectivity index (χ3n) is 4.36. The van der Waals surface area contributed by atoms with Gasteiger partial charge in [-0.15, -0.1) is 0 Å². The molecular weight excluding hydrogens is 350 g/mol. The summed E-state index contributed by atoms with van der Waals surface area (Å²) >= 11 is 0. The molecule has 8 nitrogen and oxygen atoms in total. The highest BCUT2D eigenvalue weighted by Gasteiger charge is 2.29. The Morgan fingerprint density at radius 1 is 1.33 bits per heavy atom. The highest BCUT2D eigenvalue weighted by Crippen LogP contribution is 2.31. The van der Waals surface area contributed by atoms with E-state index in [0.717, 1.165) is 0 Å². The number of carbonyl (C=O) groups is 2. The maximum Gasteiger partial charge on any atom is 0.272 e. The number of ether oxygens (including phenoxy) is 1. The maximum atomic E-state index is 12.8. The molecule has 0 bridgehead atoms. The van der Waals surface area contributed by atoms with Crippen molar-refractivity contribution in [1.82, 2.24) is 0 Å². The molecule has 0 aromatic heterocycles. The van der Waals surface area contributed by atoms with Gasteiger partial charge in [0.1, 0.15) is 5.75 Å². The first-order valence-corrected chi connectivity index (χ1v) is 8.45. The number of nitro benzene ring substituents is 1. The van der Waals surface area contributed by atoms with Crippen molar-refractivity contribution in [2.24, 2.45) is 0 Å². The van der Waals surface area contributed by atoms with Crippen molar-refractivity contribution in [1.29, 1.82) is 0 Å². The Kier molecular flexibility index (Phi) is 5.07. The van der Waals surface area contributed by atoms with Crippen LogP contribution in [-0.4, -0.2) is 29.4 Å². The molecule has 1 atom stereocenters.